The van der Waals surface area contributed by atoms with Gasteiger partial charge in [-0.15, -0.1) is 0 Å². The van der Waals surface area contributed by atoms with E-state index < -0.39 is 0 Å². The summed E-state index contributed by atoms with van der Waals surface area (Å²) in [6.07, 6.45) is 0.693. The first kappa shape index (κ1) is 7.85. The highest BCUT2D eigenvalue weighted by molar-refractivity contribution is 9.29. The normalized spacial score (nSPS) is 7.86. The molecule has 0 atom stereocenters. The fourth-order valence-electron chi connectivity index (χ4n) is 0.0445. The first-order valence-electron chi connectivity index (χ1n) is 1.34. The highest BCUT2D eigenvalue weighted by Gasteiger charge is 1.90. The maximum absolute atomic E-state index is 9.78. The highest BCUT2D eigenvalue weighted by atomic mass is 79.9. The van der Waals surface area contributed by atoms with Gasteiger partial charge in [0.2, 0.25) is 0 Å². The molecule has 0 aliphatic heterocycles. The van der Waals surface area contributed by atoms with Gasteiger partial charge >= 0.3 is 0 Å². The van der Waals surface area contributed by atoms with Gasteiger partial charge < -0.3 is 0 Å². The molecular formula is C3HBr3O. The van der Waals surface area contributed by atoms with Crippen LogP contribution in [-0.2, 0) is 4.79 Å². The van der Waals surface area contributed by atoms with Crippen molar-refractivity contribution < 1.29 is 4.79 Å². The Balaban J connectivity index is 3.98. The van der Waals surface area contributed by atoms with Crippen molar-refractivity contribution in [3.8, 4) is 0 Å². The van der Waals surface area contributed by atoms with Crippen LogP contribution in [0, 0.1) is 0 Å². The summed E-state index contributed by atoms with van der Waals surface area (Å²) < 4.78 is 1.11. The van der Waals surface area contributed by atoms with E-state index >= 15 is 0 Å². The average Bonchev–Trinajstić information content (AvgIpc) is 1.65. The predicted molar refractivity (Wildman–Crippen MR) is 39.9 cm³/mol. The summed E-state index contributed by atoms with van der Waals surface area (Å²) in [4.78, 5) is 9.78. The van der Waals surface area contributed by atoms with Gasteiger partial charge in [-0.1, -0.05) is 0 Å². The number of carbonyl (C=O) groups excluding carboxylic acids is 1. The Morgan fingerprint density at radius 3 is 1.71 bits per heavy atom. The van der Waals surface area contributed by atoms with E-state index in [-0.39, 0.29) is 0 Å². The van der Waals surface area contributed by atoms with Crippen LogP contribution in [0.4, 0.5) is 0 Å². The smallest absolute Gasteiger partial charge is 0.158 e. The van der Waals surface area contributed by atoms with Crippen molar-refractivity contribution in [3.63, 3.8) is 0 Å². The van der Waals surface area contributed by atoms with Crippen molar-refractivity contribution >= 4 is 54.1 Å². The molecule has 0 bridgehead atoms. The minimum absolute atomic E-state index is 0.479. The zero-order valence-corrected chi connectivity index (χ0v) is 7.88. The summed E-state index contributed by atoms with van der Waals surface area (Å²) in [5, 5.41) is 0. The second-order valence-corrected chi connectivity index (χ2v) is 4.23. The molecule has 40 valence electrons. The van der Waals surface area contributed by atoms with Gasteiger partial charge in [-0.25, -0.2) is 0 Å². The van der Waals surface area contributed by atoms with Crippen LogP contribution in [0.1, 0.15) is 0 Å². The lowest BCUT2D eigenvalue weighted by molar-refractivity contribution is -0.104. The predicted octanol–water partition coefficient (Wildman–Crippen LogP) is 2.54. The number of rotatable bonds is 1. The number of aldehydes is 1. The molecule has 0 heterocycles. The SMILES string of the molecule is O=CC(Br)=C(Br)Br. The summed E-state index contributed by atoms with van der Waals surface area (Å²) in [6.45, 7) is 0. The summed E-state index contributed by atoms with van der Waals surface area (Å²) in [5.74, 6) is 0. The van der Waals surface area contributed by atoms with Gasteiger partial charge in [0.25, 0.3) is 0 Å². The molecule has 0 saturated heterocycles. The van der Waals surface area contributed by atoms with Gasteiger partial charge in [0.1, 0.15) is 0 Å². The fraction of sp³-hybridized carbons (Fsp3) is 0. The average molecular weight is 293 g/mol. The summed E-state index contributed by atoms with van der Waals surface area (Å²) in [6, 6.07) is 0. The number of allylic oxidation sites excluding steroid dienone is 1. The minimum atomic E-state index is 0.479. The zero-order chi connectivity index (χ0) is 5.86. The van der Waals surface area contributed by atoms with Crippen LogP contribution in [-0.4, -0.2) is 6.29 Å². The maximum Gasteiger partial charge on any atom is 0.158 e. The molecule has 0 unspecified atom stereocenters. The second kappa shape index (κ2) is 3.80. The van der Waals surface area contributed by atoms with Gasteiger partial charge in [-0.2, -0.15) is 0 Å². The number of hydrogen-bond donors (Lipinski definition) is 0. The molecule has 0 aliphatic carbocycles. The third kappa shape index (κ3) is 3.43. The first-order chi connectivity index (χ1) is 3.18. The Morgan fingerprint density at radius 1 is 1.29 bits per heavy atom. The van der Waals surface area contributed by atoms with Crippen molar-refractivity contribution in [2.75, 3.05) is 0 Å². The summed E-state index contributed by atoms with van der Waals surface area (Å²) >= 11 is 9.00. The Kier molecular flexibility index (Phi) is 4.27. The van der Waals surface area contributed by atoms with E-state index in [9.17, 15) is 4.79 Å². The second-order valence-electron chi connectivity index (χ2n) is 0.726. The highest BCUT2D eigenvalue weighted by Crippen LogP contribution is 2.21. The van der Waals surface area contributed by atoms with Gasteiger partial charge in [0.05, 0.1) is 7.87 Å². The lowest BCUT2D eigenvalue weighted by atomic mass is 10.7. The van der Waals surface area contributed by atoms with Crippen LogP contribution in [0.5, 0.6) is 0 Å². The Labute approximate surface area is 66.5 Å². The molecule has 7 heavy (non-hydrogen) atoms. The molecular weight excluding hydrogens is 292 g/mol. The van der Waals surface area contributed by atoms with Gasteiger partial charge in [-0.05, 0) is 47.8 Å². The van der Waals surface area contributed by atoms with E-state index in [4.69, 9.17) is 0 Å². The molecule has 0 aromatic rings. The largest absolute Gasteiger partial charge is 0.297 e. The molecule has 0 aromatic carbocycles. The lowest BCUT2D eigenvalue weighted by Crippen LogP contribution is -1.67. The van der Waals surface area contributed by atoms with Gasteiger partial charge in [-0.3, -0.25) is 4.79 Å². The van der Waals surface area contributed by atoms with Gasteiger partial charge in [0, 0.05) is 0 Å². The molecule has 0 radical (unpaired) electrons. The number of carbonyl (C=O) groups is 1. The van der Waals surface area contributed by atoms with Gasteiger partial charge in [0.15, 0.2) is 6.29 Å². The molecule has 0 N–H and O–H groups in total. The van der Waals surface area contributed by atoms with Crippen LogP contribution in [0.3, 0.4) is 0 Å². The monoisotopic (exact) mass is 290 g/mol. The Bertz CT molecular complexity index is 103. The molecule has 0 rings (SSSR count). The van der Waals surface area contributed by atoms with E-state index in [1.807, 2.05) is 0 Å². The summed E-state index contributed by atoms with van der Waals surface area (Å²) in [7, 11) is 0. The minimum Gasteiger partial charge on any atom is -0.297 e. The van der Waals surface area contributed by atoms with E-state index in [0.29, 0.717) is 14.2 Å². The van der Waals surface area contributed by atoms with E-state index in [1.54, 1.807) is 0 Å². The topological polar surface area (TPSA) is 17.1 Å². The number of hydrogen-bond acceptors (Lipinski definition) is 1. The fourth-order valence-corrected chi connectivity index (χ4v) is 0.231. The van der Waals surface area contributed by atoms with Crippen molar-refractivity contribution in [1.29, 1.82) is 0 Å². The third-order valence-electron chi connectivity index (χ3n) is 0.284. The van der Waals surface area contributed by atoms with Crippen molar-refractivity contribution in [1.82, 2.24) is 0 Å². The standard InChI is InChI=1S/C3HBr3O/c4-2(1-7)3(5)6/h1H. The molecule has 4 heteroatoms. The zero-order valence-electron chi connectivity index (χ0n) is 3.12. The quantitative estimate of drug-likeness (QED) is 0.536. The molecule has 0 aliphatic rings. The third-order valence-corrected chi connectivity index (χ3v) is 2.79. The van der Waals surface area contributed by atoms with Crippen LogP contribution in [0.25, 0.3) is 0 Å². The van der Waals surface area contributed by atoms with Crippen molar-refractivity contribution in [2.45, 2.75) is 0 Å². The number of halogens is 3. The van der Waals surface area contributed by atoms with Crippen LogP contribution >= 0.6 is 47.8 Å². The molecule has 0 saturated carbocycles. The summed E-state index contributed by atoms with van der Waals surface area (Å²) in [5.41, 5.74) is 0. The van der Waals surface area contributed by atoms with Crippen molar-refractivity contribution in [3.05, 3.63) is 7.87 Å². The Hall–Kier alpha value is 0.850. The molecule has 0 aromatic heterocycles. The Morgan fingerprint density at radius 2 is 1.71 bits per heavy atom. The molecule has 0 fully saturated rings. The molecule has 1 nitrogen and oxygen atoms in total. The van der Waals surface area contributed by atoms with Crippen LogP contribution < -0.4 is 0 Å². The molecule has 0 spiro atoms. The van der Waals surface area contributed by atoms with E-state index in [0.717, 1.165) is 0 Å². The van der Waals surface area contributed by atoms with Crippen LogP contribution in [0.15, 0.2) is 7.87 Å². The van der Waals surface area contributed by atoms with Crippen LogP contribution in [0.2, 0.25) is 0 Å². The molecule has 0 amide bonds. The maximum atomic E-state index is 9.78. The lowest BCUT2D eigenvalue weighted by Gasteiger charge is -1.79. The van der Waals surface area contributed by atoms with E-state index in [2.05, 4.69) is 47.8 Å². The first-order valence-corrected chi connectivity index (χ1v) is 3.72. The van der Waals surface area contributed by atoms with Crippen molar-refractivity contribution in [2.24, 2.45) is 0 Å². The van der Waals surface area contributed by atoms with E-state index in [1.165, 1.54) is 0 Å².